The summed E-state index contributed by atoms with van der Waals surface area (Å²) < 4.78 is 37.6. The summed E-state index contributed by atoms with van der Waals surface area (Å²) in [5.41, 5.74) is 2.05. The Morgan fingerprint density at radius 3 is 2.59 bits per heavy atom. The topological polar surface area (TPSA) is 85.7 Å². The molecule has 0 saturated heterocycles. The molecule has 0 bridgehead atoms. The van der Waals surface area contributed by atoms with Crippen LogP contribution in [0.4, 0.5) is 0 Å². The predicted molar refractivity (Wildman–Crippen MR) is 120 cm³/mol. The maximum Gasteiger partial charge on any atom is 0.187 e. The van der Waals surface area contributed by atoms with Gasteiger partial charge in [-0.25, -0.2) is 13.4 Å². The van der Waals surface area contributed by atoms with Crippen LogP contribution in [0, 0.1) is 0 Å². The van der Waals surface area contributed by atoms with Crippen molar-refractivity contribution in [2.45, 2.75) is 22.9 Å². The first-order chi connectivity index (χ1) is 15.5. The van der Waals surface area contributed by atoms with Crippen molar-refractivity contribution in [3.63, 3.8) is 0 Å². The number of pyridine rings is 1. The monoisotopic (exact) mass is 447 g/mol. The van der Waals surface area contributed by atoms with Gasteiger partial charge >= 0.3 is 0 Å². The molecule has 162 valence electrons. The van der Waals surface area contributed by atoms with Crippen molar-refractivity contribution in [2.24, 2.45) is 0 Å². The molecule has 0 amide bonds. The van der Waals surface area contributed by atoms with Gasteiger partial charge in [0.15, 0.2) is 9.84 Å². The SMILES string of the molecule is O=S(=O)(c1ccccc1)[C@@H]1COc2ccc(OCc3ccc4ccccc4n3)cc2[C@@H]1O. The molecule has 0 unspecified atom stereocenters. The highest BCUT2D eigenvalue weighted by atomic mass is 32.2. The molecule has 0 fully saturated rings. The number of nitrogens with zero attached hydrogens (tertiary/aromatic N) is 1. The minimum Gasteiger partial charge on any atom is -0.492 e. The molecule has 0 saturated carbocycles. The molecule has 2 heterocycles. The summed E-state index contributed by atoms with van der Waals surface area (Å²) in [4.78, 5) is 4.75. The third-order valence-electron chi connectivity index (χ3n) is 5.57. The molecule has 32 heavy (non-hydrogen) atoms. The molecular formula is C25H21NO5S. The van der Waals surface area contributed by atoms with E-state index < -0.39 is 21.2 Å². The maximum absolute atomic E-state index is 13.0. The van der Waals surface area contributed by atoms with Gasteiger partial charge in [0, 0.05) is 10.9 Å². The largest absolute Gasteiger partial charge is 0.492 e. The zero-order valence-electron chi connectivity index (χ0n) is 17.1. The summed E-state index contributed by atoms with van der Waals surface area (Å²) in [6.07, 6.45) is -1.23. The van der Waals surface area contributed by atoms with E-state index in [0.717, 1.165) is 16.6 Å². The van der Waals surface area contributed by atoms with Crippen LogP contribution in [0.3, 0.4) is 0 Å². The number of benzene rings is 3. The molecule has 1 aliphatic heterocycles. The fourth-order valence-corrected chi connectivity index (χ4v) is 5.45. The highest BCUT2D eigenvalue weighted by Gasteiger charge is 2.40. The van der Waals surface area contributed by atoms with Crippen molar-refractivity contribution in [3.8, 4) is 11.5 Å². The fraction of sp³-hybridized carbons (Fsp3) is 0.160. The van der Waals surface area contributed by atoms with E-state index >= 15 is 0 Å². The Balaban J connectivity index is 1.37. The summed E-state index contributed by atoms with van der Waals surface area (Å²) in [6.45, 7) is 0.124. The Bertz CT molecular complexity index is 1370. The molecule has 7 heteroatoms. The third kappa shape index (κ3) is 3.81. The van der Waals surface area contributed by atoms with Crippen LogP contribution in [-0.4, -0.2) is 30.4 Å². The minimum absolute atomic E-state index is 0.118. The Labute approximate surface area is 186 Å². The van der Waals surface area contributed by atoms with Gasteiger partial charge in [-0.2, -0.15) is 0 Å². The van der Waals surface area contributed by atoms with E-state index in [0.29, 0.717) is 17.1 Å². The number of aromatic nitrogens is 1. The summed E-state index contributed by atoms with van der Waals surface area (Å²) >= 11 is 0. The lowest BCUT2D eigenvalue weighted by Gasteiger charge is -2.30. The molecule has 5 rings (SSSR count). The second kappa shape index (κ2) is 8.26. The van der Waals surface area contributed by atoms with Crippen LogP contribution in [0.25, 0.3) is 10.9 Å². The van der Waals surface area contributed by atoms with E-state index in [-0.39, 0.29) is 18.1 Å². The van der Waals surface area contributed by atoms with Gasteiger partial charge in [0.05, 0.1) is 16.1 Å². The second-order valence-corrected chi connectivity index (χ2v) is 9.80. The second-order valence-electron chi connectivity index (χ2n) is 7.64. The number of rotatable bonds is 5. The number of sulfone groups is 1. The molecule has 2 atom stereocenters. The summed E-state index contributed by atoms with van der Waals surface area (Å²) in [5, 5.41) is 10.9. The molecule has 1 aromatic heterocycles. The number of para-hydroxylation sites is 1. The molecule has 0 spiro atoms. The van der Waals surface area contributed by atoms with Crippen molar-refractivity contribution >= 4 is 20.7 Å². The van der Waals surface area contributed by atoms with Crippen LogP contribution in [0.5, 0.6) is 11.5 Å². The smallest absolute Gasteiger partial charge is 0.187 e. The van der Waals surface area contributed by atoms with Gasteiger partial charge in [-0.1, -0.05) is 42.5 Å². The molecule has 1 N–H and O–H groups in total. The van der Waals surface area contributed by atoms with Gasteiger partial charge < -0.3 is 14.6 Å². The average molecular weight is 448 g/mol. The molecule has 4 aromatic rings. The van der Waals surface area contributed by atoms with Crippen molar-refractivity contribution < 1.29 is 23.0 Å². The van der Waals surface area contributed by atoms with Gasteiger partial charge in [-0.3, -0.25) is 0 Å². The predicted octanol–water partition coefficient (Wildman–Crippen LogP) is 4.08. The van der Waals surface area contributed by atoms with E-state index in [9.17, 15) is 13.5 Å². The van der Waals surface area contributed by atoms with Crippen LogP contribution < -0.4 is 9.47 Å². The third-order valence-corrected chi connectivity index (χ3v) is 7.69. The van der Waals surface area contributed by atoms with Crippen LogP contribution in [0.2, 0.25) is 0 Å². The lowest BCUT2D eigenvalue weighted by atomic mass is 10.0. The van der Waals surface area contributed by atoms with E-state index in [1.54, 1.807) is 36.4 Å². The Morgan fingerprint density at radius 2 is 1.75 bits per heavy atom. The molecule has 3 aromatic carbocycles. The molecule has 0 radical (unpaired) electrons. The van der Waals surface area contributed by atoms with E-state index in [1.165, 1.54) is 12.1 Å². The zero-order chi connectivity index (χ0) is 22.1. The van der Waals surface area contributed by atoms with E-state index in [4.69, 9.17) is 9.47 Å². The molecule has 6 nitrogen and oxygen atoms in total. The molecule has 1 aliphatic rings. The number of ether oxygens (including phenoxy) is 2. The van der Waals surface area contributed by atoms with Crippen LogP contribution in [0.1, 0.15) is 17.4 Å². The standard InChI is InChI=1S/C25H21NO5S/c27-25-21-14-19(30-15-18-11-10-17-6-4-5-9-22(17)26-18)12-13-23(21)31-16-24(25)32(28,29)20-7-2-1-3-8-20/h1-14,24-25,27H,15-16H2/t24-,25+/m1/s1. The number of fused-ring (bicyclic) bond motifs is 2. The highest BCUT2D eigenvalue weighted by molar-refractivity contribution is 7.92. The van der Waals surface area contributed by atoms with Gasteiger partial charge in [0.25, 0.3) is 0 Å². The molecule has 0 aliphatic carbocycles. The Morgan fingerprint density at radius 1 is 0.969 bits per heavy atom. The van der Waals surface area contributed by atoms with Crippen molar-refractivity contribution in [2.75, 3.05) is 6.61 Å². The maximum atomic E-state index is 13.0. The first kappa shape index (κ1) is 20.5. The van der Waals surface area contributed by atoms with E-state index in [1.807, 2.05) is 36.4 Å². The molecular weight excluding hydrogens is 426 g/mol. The first-order valence-electron chi connectivity index (χ1n) is 10.2. The summed E-state index contributed by atoms with van der Waals surface area (Å²) in [5.74, 6) is 0.951. The number of hydrogen-bond acceptors (Lipinski definition) is 6. The lowest BCUT2D eigenvalue weighted by Crippen LogP contribution is -2.37. The van der Waals surface area contributed by atoms with Crippen molar-refractivity contribution in [3.05, 3.63) is 96.2 Å². The average Bonchev–Trinajstić information content (AvgIpc) is 2.83. The lowest BCUT2D eigenvalue weighted by molar-refractivity contribution is 0.118. The van der Waals surface area contributed by atoms with Gasteiger partial charge in [0.1, 0.15) is 36.1 Å². The summed E-state index contributed by atoms with van der Waals surface area (Å²) in [6, 6.07) is 24.9. The number of aliphatic hydroxyl groups excluding tert-OH is 1. The normalized spacial score (nSPS) is 18.0. The van der Waals surface area contributed by atoms with Crippen molar-refractivity contribution in [1.29, 1.82) is 0 Å². The minimum atomic E-state index is -3.77. The highest BCUT2D eigenvalue weighted by Crippen LogP contribution is 2.39. The van der Waals surface area contributed by atoms with E-state index in [2.05, 4.69) is 4.98 Å². The zero-order valence-corrected chi connectivity index (χ0v) is 17.9. The quantitative estimate of drug-likeness (QED) is 0.496. The van der Waals surface area contributed by atoms with Crippen molar-refractivity contribution in [1.82, 2.24) is 4.98 Å². The van der Waals surface area contributed by atoms with Crippen LogP contribution in [0.15, 0.2) is 89.8 Å². The fourth-order valence-electron chi connectivity index (χ4n) is 3.83. The van der Waals surface area contributed by atoms with Crippen LogP contribution >= 0.6 is 0 Å². The van der Waals surface area contributed by atoms with Gasteiger partial charge in [-0.05, 0) is 42.5 Å². The van der Waals surface area contributed by atoms with Gasteiger partial charge in [0.2, 0.25) is 0 Å². The Hall–Kier alpha value is -3.42. The summed E-state index contributed by atoms with van der Waals surface area (Å²) in [7, 11) is -3.77. The first-order valence-corrected chi connectivity index (χ1v) is 11.8. The van der Waals surface area contributed by atoms with Crippen LogP contribution in [-0.2, 0) is 16.4 Å². The van der Waals surface area contributed by atoms with Gasteiger partial charge in [-0.15, -0.1) is 0 Å². The number of aliphatic hydroxyl groups is 1. The Kier molecular flexibility index (Phi) is 5.28. The number of hydrogen-bond donors (Lipinski definition) is 1.